The summed E-state index contributed by atoms with van der Waals surface area (Å²) in [6.45, 7) is 0. The zero-order valence-corrected chi connectivity index (χ0v) is 18.8. The molecule has 2 aliphatic carbocycles. The van der Waals surface area contributed by atoms with E-state index in [1.807, 2.05) is 30.6 Å². The van der Waals surface area contributed by atoms with Crippen LogP contribution in [-0.4, -0.2) is 19.4 Å². The summed E-state index contributed by atoms with van der Waals surface area (Å²) < 4.78 is 2.12. The second-order valence-corrected chi connectivity index (χ2v) is 9.69. The zero-order valence-electron chi connectivity index (χ0n) is 18.8. The van der Waals surface area contributed by atoms with E-state index in [1.54, 1.807) is 0 Å². The molecule has 0 radical (unpaired) electrons. The van der Waals surface area contributed by atoms with Gasteiger partial charge in [0.1, 0.15) is 16.8 Å². The molecule has 0 amide bonds. The van der Waals surface area contributed by atoms with Crippen molar-refractivity contribution in [2.24, 2.45) is 0 Å². The normalized spacial score (nSPS) is 13.5. The smallest absolute Gasteiger partial charge is 0.166 e. The molecule has 0 aliphatic heterocycles. The molecule has 4 heteroatoms. The van der Waals surface area contributed by atoms with E-state index in [0.717, 1.165) is 46.1 Å². The monoisotopic (exact) mass is 446 g/mol. The number of rotatable bonds is 0. The van der Waals surface area contributed by atoms with Crippen LogP contribution in [0.3, 0.4) is 0 Å². The average Bonchev–Trinajstić information content (AvgIpc) is 3.58. The Morgan fingerprint density at radius 3 is 2.23 bits per heavy atom. The van der Waals surface area contributed by atoms with Gasteiger partial charge in [0.15, 0.2) is 5.65 Å². The number of aromatic nitrogens is 4. The molecule has 0 saturated heterocycles. The first kappa shape index (κ1) is 17.8. The first-order valence-electron chi connectivity index (χ1n) is 12.0. The molecule has 4 aromatic heterocycles. The highest BCUT2D eigenvalue weighted by Crippen LogP contribution is 2.50. The lowest BCUT2D eigenvalue weighted by atomic mass is 9.92. The van der Waals surface area contributed by atoms with Crippen LogP contribution in [0, 0.1) is 0 Å². The van der Waals surface area contributed by atoms with Crippen LogP contribution in [0.25, 0.3) is 60.9 Å². The second kappa shape index (κ2) is 6.10. The average molecular weight is 447 g/mol. The largest absolute Gasteiger partial charge is 0.260 e. The Morgan fingerprint density at radius 1 is 0.543 bits per heavy atom. The topological polar surface area (TPSA) is 43.1 Å². The lowest BCUT2D eigenvalue weighted by molar-refractivity contribution is 1.19. The Balaban J connectivity index is 1.44. The molecule has 0 saturated carbocycles. The van der Waals surface area contributed by atoms with E-state index in [2.05, 4.69) is 64.0 Å². The molecule has 0 N–H and O–H groups in total. The minimum atomic E-state index is 0.853. The summed E-state index contributed by atoms with van der Waals surface area (Å²) in [6.07, 6.45) is 5.65. The van der Waals surface area contributed by atoms with E-state index in [0.29, 0.717) is 0 Å². The fourth-order valence-electron chi connectivity index (χ4n) is 6.44. The van der Waals surface area contributed by atoms with Gasteiger partial charge < -0.3 is 0 Å². The van der Waals surface area contributed by atoms with Crippen molar-refractivity contribution in [3.63, 3.8) is 0 Å². The number of pyridine rings is 3. The highest BCUT2D eigenvalue weighted by atomic mass is 15.1. The summed E-state index contributed by atoms with van der Waals surface area (Å²) in [6, 6.07) is 26.5. The highest BCUT2D eigenvalue weighted by Gasteiger charge is 2.29. The SMILES string of the molecule is c1ccc2c(c1)Cc1ccc3c(c1-2)-c1cc2c4cccnc4n4c5ncccc5nc4c2cc1C3. The molecular weight excluding hydrogens is 428 g/mol. The van der Waals surface area contributed by atoms with Crippen LogP contribution in [0.1, 0.15) is 22.3 Å². The van der Waals surface area contributed by atoms with Gasteiger partial charge in [-0.1, -0.05) is 36.4 Å². The minimum Gasteiger partial charge on any atom is -0.260 e. The van der Waals surface area contributed by atoms with Gasteiger partial charge in [0.05, 0.1) is 0 Å². The van der Waals surface area contributed by atoms with Crippen LogP contribution < -0.4 is 0 Å². The van der Waals surface area contributed by atoms with Crippen LogP contribution in [0.5, 0.6) is 0 Å². The molecule has 35 heavy (non-hydrogen) atoms. The van der Waals surface area contributed by atoms with Gasteiger partial charge in [-0.2, -0.15) is 0 Å². The summed E-state index contributed by atoms with van der Waals surface area (Å²) in [5.41, 5.74) is 14.8. The Hall–Kier alpha value is -4.57. The summed E-state index contributed by atoms with van der Waals surface area (Å²) in [4.78, 5) is 14.5. The van der Waals surface area contributed by atoms with Gasteiger partial charge in [-0.05, 0) is 99.1 Å². The molecule has 0 fully saturated rings. The third kappa shape index (κ3) is 2.15. The van der Waals surface area contributed by atoms with Crippen molar-refractivity contribution >= 4 is 38.6 Å². The highest BCUT2D eigenvalue weighted by molar-refractivity contribution is 6.15. The number of benzene rings is 3. The molecule has 2 aliphatic rings. The molecule has 0 spiro atoms. The van der Waals surface area contributed by atoms with Gasteiger partial charge in [0.25, 0.3) is 0 Å². The maximum atomic E-state index is 5.02. The predicted octanol–water partition coefficient (Wildman–Crippen LogP) is 6.73. The summed E-state index contributed by atoms with van der Waals surface area (Å²) in [5.74, 6) is 0. The molecule has 9 rings (SSSR count). The fraction of sp³-hybridized carbons (Fsp3) is 0.0645. The van der Waals surface area contributed by atoms with Gasteiger partial charge in [-0.25, -0.2) is 15.0 Å². The van der Waals surface area contributed by atoms with E-state index < -0.39 is 0 Å². The molecule has 4 heterocycles. The Morgan fingerprint density at radius 2 is 1.31 bits per heavy atom. The van der Waals surface area contributed by atoms with E-state index in [9.17, 15) is 0 Å². The summed E-state index contributed by atoms with van der Waals surface area (Å²) in [7, 11) is 0. The van der Waals surface area contributed by atoms with Crippen LogP contribution in [-0.2, 0) is 12.8 Å². The van der Waals surface area contributed by atoms with Crippen LogP contribution in [0.2, 0.25) is 0 Å². The number of nitrogens with zero attached hydrogens (tertiary/aromatic N) is 4. The first-order valence-corrected chi connectivity index (χ1v) is 12.0. The first-order chi connectivity index (χ1) is 17.3. The van der Waals surface area contributed by atoms with Crippen molar-refractivity contribution in [2.75, 3.05) is 0 Å². The van der Waals surface area contributed by atoms with Crippen molar-refractivity contribution in [1.82, 2.24) is 19.4 Å². The maximum Gasteiger partial charge on any atom is 0.166 e. The molecule has 0 atom stereocenters. The Kier molecular flexibility index (Phi) is 3.11. The second-order valence-electron chi connectivity index (χ2n) is 9.69. The van der Waals surface area contributed by atoms with Crippen molar-refractivity contribution in [2.45, 2.75) is 12.8 Å². The van der Waals surface area contributed by atoms with Crippen LogP contribution in [0.4, 0.5) is 0 Å². The van der Waals surface area contributed by atoms with E-state index in [4.69, 9.17) is 9.97 Å². The number of hydrogen-bond donors (Lipinski definition) is 0. The molecule has 7 aromatic rings. The molecule has 4 nitrogen and oxygen atoms in total. The fourth-order valence-corrected chi connectivity index (χ4v) is 6.44. The lowest BCUT2D eigenvalue weighted by Crippen LogP contribution is -1.95. The number of imidazole rings is 1. The molecule has 0 bridgehead atoms. The molecule has 162 valence electrons. The van der Waals surface area contributed by atoms with E-state index >= 15 is 0 Å². The Bertz CT molecular complexity index is 2070. The summed E-state index contributed by atoms with van der Waals surface area (Å²) in [5, 5.41) is 3.49. The van der Waals surface area contributed by atoms with Crippen LogP contribution >= 0.6 is 0 Å². The summed E-state index contributed by atoms with van der Waals surface area (Å²) >= 11 is 0. The van der Waals surface area contributed by atoms with Gasteiger partial charge in [0, 0.05) is 23.2 Å². The third-order valence-corrected chi connectivity index (χ3v) is 7.88. The predicted molar refractivity (Wildman–Crippen MR) is 140 cm³/mol. The minimum absolute atomic E-state index is 0.853. The quantitative estimate of drug-likeness (QED) is 0.243. The molecular formula is C31H18N4. The van der Waals surface area contributed by atoms with Gasteiger partial charge >= 0.3 is 0 Å². The van der Waals surface area contributed by atoms with Crippen molar-refractivity contribution in [3.8, 4) is 22.3 Å². The standard InChI is InChI=1S/C31H18N4/c1-2-6-21-17(5-1)13-18-9-10-19-14-20-15-25-24(16-23(20)28(19)27(18)21)22-7-3-11-32-29(22)35-30(25)34-26-8-4-12-33-31(26)35/h1-12,15-16H,13-14H2. The maximum absolute atomic E-state index is 5.02. The molecule has 3 aromatic carbocycles. The molecule has 0 unspecified atom stereocenters. The van der Waals surface area contributed by atoms with Gasteiger partial charge in [-0.15, -0.1) is 0 Å². The van der Waals surface area contributed by atoms with Crippen molar-refractivity contribution < 1.29 is 0 Å². The number of hydrogen-bond acceptors (Lipinski definition) is 3. The Labute approximate surface area is 200 Å². The zero-order chi connectivity index (χ0) is 22.7. The number of fused-ring (bicyclic) bond motifs is 15. The van der Waals surface area contributed by atoms with Gasteiger partial charge in [-0.3, -0.25) is 4.40 Å². The van der Waals surface area contributed by atoms with Crippen LogP contribution in [0.15, 0.2) is 85.2 Å². The van der Waals surface area contributed by atoms with E-state index in [-0.39, 0.29) is 0 Å². The van der Waals surface area contributed by atoms with Crippen molar-refractivity contribution in [3.05, 3.63) is 107 Å². The van der Waals surface area contributed by atoms with E-state index in [1.165, 1.54) is 49.9 Å². The van der Waals surface area contributed by atoms with Gasteiger partial charge in [0.2, 0.25) is 0 Å². The third-order valence-electron chi connectivity index (χ3n) is 7.88. The van der Waals surface area contributed by atoms with Crippen molar-refractivity contribution in [1.29, 1.82) is 0 Å². The lowest BCUT2D eigenvalue weighted by Gasteiger charge is -2.13.